The van der Waals surface area contributed by atoms with E-state index in [1.54, 1.807) is 6.07 Å². The van der Waals surface area contributed by atoms with Gasteiger partial charge in [-0.05, 0) is 44.5 Å². The van der Waals surface area contributed by atoms with Crippen LogP contribution in [0.4, 0.5) is 18.3 Å². The molecule has 174 valence electrons. The van der Waals surface area contributed by atoms with E-state index in [1.807, 2.05) is 0 Å². The van der Waals surface area contributed by atoms with Crippen molar-refractivity contribution < 1.29 is 18.0 Å². The fourth-order valence-electron chi connectivity index (χ4n) is 3.63. The monoisotopic (exact) mass is 559 g/mol. The van der Waals surface area contributed by atoms with Crippen LogP contribution in [0.1, 0.15) is 40.7 Å². The molecule has 0 saturated carbocycles. The molecule has 0 spiro atoms. The van der Waals surface area contributed by atoms with E-state index in [-0.39, 0.29) is 16.0 Å². The number of carbonyl (C=O) groups is 1. The van der Waals surface area contributed by atoms with E-state index in [0.29, 0.717) is 28.3 Å². The second-order valence-corrected chi connectivity index (χ2v) is 10.0. The highest BCUT2D eigenvalue weighted by molar-refractivity contribution is 9.10. The highest BCUT2D eigenvalue weighted by Gasteiger charge is 2.32. The smallest absolute Gasteiger partial charge is 0.296 e. The average Bonchev–Trinajstić information content (AvgIpc) is 3.33. The molecule has 1 amide bonds. The quantitative estimate of drug-likeness (QED) is 0.398. The zero-order chi connectivity index (χ0) is 23.8. The van der Waals surface area contributed by atoms with Crippen molar-refractivity contribution in [1.29, 1.82) is 0 Å². The maximum Gasteiger partial charge on any atom is 0.416 e. The van der Waals surface area contributed by atoms with Crippen LogP contribution in [0.5, 0.6) is 0 Å². The number of hydrogen-bond donors (Lipinski definition) is 1. The maximum atomic E-state index is 13.4. The topological polar surface area (TPSA) is 71.0 Å². The molecule has 33 heavy (non-hydrogen) atoms. The van der Waals surface area contributed by atoms with Gasteiger partial charge in [-0.3, -0.25) is 15.0 Å². The molecule has 1 fully saturated rings. The Morgan fingerprint density at radius 3 is 2.73 bits per heavy atom. The normalized spacial score (nSPS) is 16.8. The Balaban J connectivity index is 1.70. The summed E-state index contributed by atoms with van der Waals surface area (Å²) in [4.78, 5) is 27.9. The van der Waals surface area contributed by atoms with Crippen molar-refractivity contribution in [2.45, 2.75) is 38.5 Å². The van der Waals surface area contributed by atoms with Gasteiger partial charge >= 0.3 is 6.18 Å². The minimum atomic E-state index is -4.50. The predicted octanol–water partition coefficient (Wildman–Crippen LogP) is 6.27. The third-order valence-electron chi connectivity index (χ3n) is 5.31. The van der Waals surface area contributed by atoms with E-state index >= 15 is 0 Å². The third-order valence-corrected chi connectivity index (χ3v) is 6.92. The average molecular weight is 561 g/mol. The second-order valence-electron chi connectivity index (χ2n) is 7.66. The molecular weight excluding hydrogens is 543 g/mol. The van der Waals surface area contributed by atoms with Gasteiger partial charge in [0.1, 0.15) is 10.8 Å². The lowest BCUT2D eigenvalue weighted by Crippen LogP contribution is -2.25. The molecule has 12 heteroatoms. The van der Waals surface area contributed by atoms with Crippen molar-refractivity contribution in [2.24, 2.45) is 0 Å². The van der Waals surface area contributed by atoms with Crippen LogP contribution in [0.2, 0.25) is 5.15 Å². The Labute approximate surface area is 205 Å². The van der Waals surface area contributed by atoms with Crippen LogP contribution in [0.25, 0.3) is 11.3 Å². The minimum absolute atomic E-state index is 0.0488. The minimum Gasteiger partial charge on any atom is -0.296 e. The van der Waals surface area contributed by atoms with Gasteiger partial charge in [-0.1, -0.05) is 38.9 Å². The first-order valence-corrected chi connectivity index (χ1v) is 12.0. The molecule has 1 aliphatic rings. The van der Waals surface area contributed by atoms with Gasteiger partial charge in [0.2, 0.25) is 0 Å². The molecule has 2 aromatic heterocycles. The zero-order valence-corrected chi connectivity index (χ0v) is 20.4. The predicted molar refractivity (Wildman–Crippen MR) is 124 cm³/mol. The molecule has 3 aromatic rings. The Morgan fingerprint density at radius 2 is 2.09 bits per heavy atom. The lowest BCUT2D eigenvalue weighted by atomic mass is 10.1. The molecule has 0 bridgehead atoms. The molecule has 1 aliphatic heterocycles. The lowest BCUT2D eigenvalue weighted by molar-refractivity contribution is -0.137. The summed E-state index contributed by atoms with van der Waals surface area (Å²) in [6, 6.07) is 4.06. The molecule has 1 N–H and O–H groups in total. The van der Waals surface area contributed by atoms with Gasteiger partial charge in [0, 0.05) is 27.5 Å². The summed E-state index contributed by atoms with van der Waals surface area (Å²) in [5.74, 6) is -0.536. The number of alkyl halides is 3. The number of nitrogens with zero attached hydrogens (tertiary/aromatic N) is 4. The molecule has 0 unspecified atom stereocenters. The number of carbonyl (C=O) groups excluding carboxylic acids is 1. The van der Waals surface area contributed by atoms with Crippen LogP contribution in [0.3, 0.4) is 0 Å². The summed E-state index contributed by atoms with van der Waals surface area (Å²) in [7, 11) is 0. The van der Waals surface area contributed by atoms with Crippen LogP contribution in [0.15, 0.2) is 35.1 Å². The summed E-state index contributed by atoms with van der Waals surface area (Å²) in [6.07, 6.45) is 0.112. The lowest BCUT2D eigenvalue weighted by Gasteiger charge is -2.20. The number of thiazole rings is 1. The van der Waals surface area contributed by atoms with Gasteiger partial charge in [-0.25, -0.2) is 15.0 Å². The Bertz CT molecular complexity index is 1170. The van der Waals surface area contributed by atoms with Crippen LogP contribution in [-0.4, -0.2) is 38.3 Å². The van der Waals surface area contributed by atoms with E-state index in [0.717, 1.165) is 36.4 Å². The number of likely N-dealkylation sites (tertiary alicyclic amines) is 1. The van der Waals surface area contributed by atoms with Crippen molar-refractivity contribution in [1.82, 2.24) is 19.9 Å². The number of amides is 1. The number of hydrogen-bond acceptors (Lipinski definition) is 6. The van der Waals surface area contributed by atoms with E-state index < -0.39 is 17.6 Å². The highest BCUT2D eigenvalue weighted by Crippen LogP contribution is 2.38. The number of aromatic nitrogens is 3. The summed E-state index contributed by atoms with van der Waals surface area (Å²) < 4.78 is 40.5. The Hall–Kier alpha value is -2.08. The van der Waals surface area contributed by atoms with Crippen LogP contribution in [0, 0.1) is 0 Å². The van der Waals surface area contributed by atoms with Gasteiger partial charge in [-0.2, -0.15) is 13.2 Å². The number of anilines is 1. The molecule has 3 heterocycles. The Kier molecular flexibility index (Phi) is 7.04. The first-order valence-electron chi connectivity index (χ1n) is 10.0. The second kappa shape index (κ2) is 9.65. The number of halogens is 5. The van der Waals surface area contributed by atoms with Crippen molar-refractivity contribution in [3.8, 4) is 11.3 Å². The van der Waals surface area contributed by atoms with Gasteiger partial charge < -0.3 is 0 Å². The molecule has 6 nitrogen and oxygen atoms in total. The molecule has 1 atom stereocenters. The fourth-order valence-corrected chi connectivity index (χ4v) is 5.23. The first-order chi connectivity index (χ1) is 15.6. The van der Waals surface area contributed by atoms with E-state index in [2.05, 4.69) is 48.0 Å². The van der Waals surface area contributed by atoms with Crippen molar-refractivity contribution in [3.63, 3.8) is 0 Å². The van der Waals surface area contributed by atoms with Crippen LogP contribution >= 0.6 is 38.9 Å². The summed E-state index contributed by atoms with van der Waals surface area (Å²) >= 11 is 10.1. The van der Waals surface area contributed by atoms with Crippen molar-refractivity contribution in [3.05, 3.63) is 56.4 Å². The van der Waals surface area contributed by atoms with Crippen LogP contribution in [-0.2, 0) is 12.7 Å². The standard InChI is InChI=1S/C21H18BrClF3N5OS/c1-11-3-2-4-31(11)10-16-18(12-5-13(21(24,25)26)7-14(22)6-12)29-20(33-16)30-19(32)15-8-28-17(23)9-27-15/h5-9,11H,2-4,10H2,1H3,(H,29,30,32)/t11-/m1/s1. The molecule has 1 saturated heterocycles. The van der Waals surface area contributed by atoms with Gasteiger partial charge in [0.25, 0.3) is 5.91 Å². The van der Waals surface area contributed by atoms with E-state index in [9.17, 15) is 18.0 Å². The summed E-state index contributed by atoms with van der Waals surface area (Å²) in [5, 5.41) is 3.09. The first kappa shape index (κ1) is 24.1. The fraction of sp³-hybridized carbons (Fsp3) is 0.333. The van der Waals surface area contributed by atoms with Crippen molar-refractivity contribution >= 4 is 49.9 Å². The maximum absolute atomic E-state index is 13.4. The molecule has 1 aromatic carbocycles. The van der Waals surface area contributed by atoms with Gasteiger partial charge in [0.15, 0.2) is 5.13 Å². The van der Waals surface area contributed by atoms with Crippen LogP contribution < -0.4 is 5.32 Å². The molecule has 0 radical (unpaired) electrons. The SMILES string of the molecule is C[C@@H]1CCCN1Cc1sc(NC(=O)c2cnc(Cl)cn2)nc1-c1cc(Br)cc(C(F)(F)F)c1. The molecular formula is C21H18BrClF3N5OS. The zero-order valence-electron chi connectivity index (χ0n) is 17.3. The number of benzene rings is 1. The van der Waals surface area contributed by atoms with Crippen molar-refractivity contribution in [2.75, 3.05) is 11.9 Å². The third kappa shape index (κ3) is 5.71. The summed E-state index contributed by atoms with van der Waals surface area (Å²) in [6.45, 7) is 3.54. The molecule has 4 rings (SSSR count). The summed E-state index contributed by atoms with van der Waals surface area (Å²) in [5.41, 5.74) is 0.0000389. The Morgan fingerprint density at radius 1 is 1.30 bits per heavy atom. The van der Waals surface area contributed by atoms with Gasteiger partial charge in [-0.15, -0.1) is 0 Å². The van der Waals surface area contributed by atoms with E-state index in [4.69, 9.17) is 11.6 Å². The van der Waals surface area contributed by atoms with Gasteiger partial charge in [0.05, 0.1) is 23.7 Å². The van der Waals surface area contributed by atoms with E-state index in [1.165, 1.54) is 23.7 Å². The number of nitrogens with one attached hydrogen (secondary N) is 1. The largest absolute Gasteiger partial charge is 0.416 e. The highest BCUT2D eigenvalue weighted by atomic mass is 79.9. The molecule has 0 aliphatic carbocycles. The number of rotatable bonds is 5.